The molecule has 0 amide bonds. The number of carboxylic acid groups (broad SMARTS) is 1. The van der Waals surface area contributed by atoms with Gasteiger partial charge in [-0.1, -0.05) is 13.3 Å². The van der Waals surface area contributed by atoms with Gasteiger partial charge in [0, 0.05) is 24.9 Å². The van der Waals surface area contributed by atoms with Gasteiger partial charge in [0.2, 0.25) is 11.8 Å². The highest BCUT2D eigenvalue weighted by atomic mass is 16.5. The lowest BCUT2D eigenvalue weighted by Gasteiger charge is -2.08. The summed E-state index contributed by atoms with van der Waals surface area (Å²) in [6.07, 6.45) is 1.60. The van der Waals surface area contributed by atoms with Crippen LogP contribution in [0.5, 0.6) is 11.8 Å². The predicted molar refractivity (Wildman–Crippen MR) is 73.2 cm³/mol. The summed E-state index contributed by atoms with van der Waals surface area (Å²) in [5, 5.41) is 13.3. The summed E-state index contributed by atoms with van der Waals surface area (Å²) < 4.78 is 7.22. The summed E-state index contributed by atoms with van der Waals surface area (Å²) in [7, 11) is 1.76. The fourth-order valence-corrected chi connectivity index (χ4v) is 1.91. The second-order valence-electron chi connectivity index (χ2n) is 4.59. The van der Waals surface area contributed by atoms with Crippen molar-refractivity contribution in [2.75, 3.05) is 0 Å². The lowest BCUT2D eigenvalue weighted by molar-refractivity contribution is 0.0696. The first-order valence-corrected chi connectivity index (χ1v) is 6.42. The number of hydrogen-bond acceptors (Lipinski definition) is 4. The van der Waals surface area contributed by atoms with Crippen LogP contribution in [0, 0.1) is 6.92 Å². The summed E-state index contributed by atoms with van der Waals surface area (Å²) in [4.78, 5) is 15.5. The molecule has 0 bridgehead atoms. The highest BCUT2D eigenvalue weighted by Gasteiger charge is 2.11. The van der Waals surface area contributed by atoms with E-state index in [2.05, 4.69) is 10.1 Å². The van der Waals surface area contributed by atoms with E-state index in [1.807, 2.05) is 13.8 Å². The molecule has 0 aliphatic heterocycles. The van der Waals surface area contributed by atoms with Gasteiger partial charge in [0.1, 0.15) is 0 Å². The molecule has 0 aliphatic rings. The maximum Gasteiger partial charge on any atom is 0.335 e. The molecule has 0 saturated carbocycles. The molecule has 0 atom stereocenters. The number of aromatic carboxylic acids is 1. The van der Waals surface area contributed by atoms with Gasteiger partial charge in [0.05, 0.1) is 11.3 Å². The molecule has 0 fully saturated rings. The van der Waals surface area contributed by atoms with Crippen LogP contribution in [0.2, 0.25) is 0 Å². The van der Waals surface area contributed by atoms with Gasteiger partial charge >= 0.3 is 5.97 Å². The van der Waals surface area contributed by atoms with Crippen molar-refractivity contribution in [2.45, 2.75) is 26.7 Å². The normalized spacial score (nSPS) is 10.6. The average Bonchev–Trinajstić information content (AvgIpc) is 2.68. The number of pyridine rings is 1. The summed E-state index contributed by atoms with van der Waals surface area (Å²) in [5.41, 5.74) is 1.71. The molecular weight excluding hydrogens is 258 g/mol. The van der Waals surface area contributed by atoms with Crippen molar-refractivity contribution in [3.05, 3.63) is 35.2 Å². The number of aromatic nitrogens is 3. The van der Waals surface area contributed by atoms with Crippen molar-refractivity contribution in [1.82, 2.24) is 14.8 Å². The number of carboxylic acids is 1. The second kappa shape index (κ2) is 5.73. The summed E-state index contributed by atoms with van der Waals surface area (Å²) in [5.74, 6) is -0.188. The fraction of sp³-hybridized carbons (Fsp3) is 0.357. The number of rotatable bonds is 5. The van der Waals surface area contributed by atoms with Gasteiger partial charge in [0.15, 0.2) is 0 Å². The van der Waals surface area contributed by atoms with Crippen molar-refractivity contribution in [2.24, 2.45) is 7.05 Å². The third kappa shape index (κ3) is 3.14. The van der Waals surface area contributed by atoms with Crippen LogP contribution in [0.4, 0.5) is 0 Å². The van der Waals surface area contributed by atoms with Crippen molar-refractivity contribution in [1.29, 1.82) is 0 Å². The molecule has 0 aliphatic carbocycles. The molecule has 2 aromatic rings. The molecule has 0 saturated heterocycles. The Hall–Kier alpha value is -2.37. The number of hydrogen-bond donors (Lipinski definition) is 1. The standard InChI is InChI=1S/C14H17N3O3/c1-4-5-11-7-10(14(18)19)8-12(15-11)20-13-6-9(2)16-17(13)3/h6-8H,4-5H2,1-3H3,(H,18,19). The molecule has 0 aromatic carbocycles. The molecule has 2 aromatic heterocycles. The van der Waals surface area contributed by atoms with Gasteiger partial charge in [-0.3, -0.25) is 0 Å². The lowest BCUT2D eigenvalue weighted by atomic mass is 10.1. The van der Waals surface area contributed by atoms with E-state index < -0.39 is 5.97 Å². The number of ether oxygens (including phenoxy) is 1. The van der Waals surface area contributed by atoms with E-state index in [4.69, 9.17) is 9.84 Å². The van der Waals surface area contributed by atoms with Crippen molar-refractivity contribution >= 4 is 5.97 Å². The topological polar surface area (TPSA) is 77.2 Å². The smallest absolute Gasteiger partial charge is 0.335 e. The fourth-order valence-electron chi connectivity index (χ4n) is 1.91. The minimum Gasteiger partial charge on any atom is -0.478 e. The largest absolute Gasteiger partial charge is 0.478 e. The maximum absolute atomic E-state index is 11.1. The first-order chi connectivity index (χ1) is 9.49. The Kier molecular flexibility index (Phi) is 4.02. The van der Waals surface area contributed by atoms with E-state index in [-0.39, 0.29) is 11.4 Å². The molecule has 0 spiro atoms. The Morgan fingerprint density at radius 1 is 1.40 bits per heavy atom. The second-order valence-corrected chi connectivity index (χ2v) is 4.59. The van der Waals surface area contributed by atoms with Crippen LogP contribution in [0.3, 0.4) is 0 Å². The van der Waals surface area contributed by atoms with Crippen molar-refractivity contribution in [3.8, 4) is 11.8 Å². The molecule has 6 nitrogen and oxygen atoms in total. The molecular formula is C14H17N3O3. The highest BCUT2D eigenvalue weighted by molar-refractivity contribution is 5.88. The monoisotopic (exact) mass is 275 g/mol. The van der Waals surface area contributed by atoms with Crippen LogP contribution < -0.4 is 4.74 Å². The zero-order valence-corrected chi connectivity index (χ0v) is 11.8. The van der Waals surface area contributed by atoms with Gasteiger partial charge in [-0.2, -0.15) is 5.10 Å². The minimum absolute atomic E-state index is 0.178. The molecule has 2 rings (SSSR count). The van der Waals surface area contributed by atoms with Crippen molar-refractivity contribution < 1.29 is 14.6 Å². The van der Waals surface area contributed by atoms with E-state index in [0.29, 0.717) is 18.0 Å². The first kappa shape index (κ1) is 14.0. The van der Waals surface area contributed by atoms with Crippen LogP contribution in [0.25, 0.3) is 0 Å². The Morgan fingerprint density at radius 3 is 2.70 bits per heavy atom. The van der Waals surface area contributed by atoms with Gasteiger partial charge < -0.3 is 9.84 Å². The lowest BCUT2D eigenvalue weighted by Crippen LogP contribution is -2.03. The number of carbonyl (C=O) groups is 1. The Morgan fingerprint density at radius 2 is 2.15 bits per heavy atom. The summed E-state index contributed by atoms with van der Waals surface area (Å²) in [6.45, 7) is 3.87. The Labute approximate surface area is 117 Å². The SMILES string of the molecule is CCCc1cc(C(=O)O)cc(Oc2cc(C)nn2C)n1. The van der Waals surface area contributed by atoms with Crippen LogP contribution in [-0.4, -0.2) is 25.8 Å². The molecule has 0 unspecified atom stereocenters. The highest BCUT2D eigenvalue weighted by Crippen LogP contribution is 2.22. The average molecular weight is 275 g/mol. The molecule has 1 N–H and O–H groups in total. The van der Waals surface area contributed by atoms with Crippen LogP contribution in [-0.2, 0) is 13.5 Å². The third-order valence-corrected chi connectivity index (χ3v) is 2.78. The molecule has 2 heterocycles. The molecule has 0 radical (unpaired) electrons. The molecule has 6 heteroatoms. The third-order valence-electron chi connectivity index (χ3n) is 2.78. The summed E-state index contributed by atoms with van der Waals surface area (Å²) in [6, 6.07) is 4.77. The van der Waals surface area contributed by atoms with Gasteiger partial charge in [-0.15, -0.1) is 0 Å². The molecule has 20 heavy (non-hydrogen) atoms. The van der Waals surface area contributed by atoms with Crippen LogP contribution in [0.15, 0.2) is 18.2 Å². The Balaban J connectivity index is 2.35. The first-order valence-electron chi connectivity index (χ1n) is 6.42. The van der Waals surface area contributed by atoms with E-state index in [9.17, 15) is 4.79 Å². The van der Waals surface area contributed by atoms with Crippen LogP contribution in [0.1, 0.15) is 35.1 Å². The van der Waals surface area contributed by atoms with Gasteiger partial charge in [-0.25, -0.2) is 14.5 Å². The zero-order chi connectivity index (χ0) is 14.7. The summed E-state index contributed by atoms with van der Waals surface area (Å²) >= 11 is 0. The van der Waals surface area contributed by atoms with Crippen molar-refractivity contribution in [3.63, 3.8) is 0 Å². The number of aryl methyl sites for hydroxylation is 3. The number of nitrogens with zero attached hydrogens (tertiary/aromatic N) is 3. The van der Waals surface area contributed by atoms with E-state index in [1.165, 1.54) is 6.07 Å². The predicted octanol–water partition coefficient (Wildman–Crippen LogP) is 2.57. The maximum atomic E-state index is 11.1. The van der Waals surface area contributed by atoms with E-state index in [0.717, 1.165) is 12.1 Å². The van der Waals surface area contributed by atoms with Crippen LogP contribution >= 0.6 is 0 Å². The van der Waals surface area contributed by atoms with Gasteiger partial charge in [0.25, 0.3) is 0 Å². The minimum atomic E-state index is -0.990. The zero-order valence-electron chi connectivity index (χ0n) is 11.8. The molecule has 106 valence electrons. The van der Waals surface area contributed by atoms with Gasteiger partial charge in [-0.05, 0) is 19.4 Å². The quantitative estimate of drug-likeness (QED) is 0.907. The van der Waals surface area contributed by atoms with E-state index >= 15 is 0 Å². The van der Waals surface area contributed by atoms with E-state index in [1.54, 1.807) is 23.9 Å². The Bertz CT molecular complexity index is 635.